The molecule has 0 saturated heterocycles. The van der Waals surface area contributed by atoms with Crippen LogP contribution in [0, 0.1) is 0 Å². The van der Waals surface area contributed by atoms with Gasteiger partial charge in [0, 0.05) is 0 Å². The van der Waals surface area contributed by atoms with Crippen molar-refractivity contribution in [3.05, 3.63) is 22.6 Å². The van der Waals surface area contributed by atoms with Crippen molar-refractivity contribution < 1.29 is 14.3 Å². The Hall–Kier alpha value is -1.29. The van der Waals surface area contributed by atoms with Gasteiger partial charge in [-0.25, -0.2) is 0 Å². The summed E-state index contributed by atoms with van der Waals surface area (Å²) < 4.78 is 12.6. The molecule has 2 aromatic rings. The molecule has 0 fully saturated rings. The third-order valence-corrected chi connectivity index (χ3v) is 5.29. The first-order valence-corrected chi connectivity index (χ1v) is 7.79. The number of hydrogen-bond donors (Lipinski definition) is 1. The van der Waals surface area contributed by atoms with E-state index in [0.717, 1.165) is 16.2 Å². The SMILES string of the molecule is COc1cc2cc(C(=O)CCCN)[se]c2cc1OC. The van der Waals surface area contributed by atoms with Gasteiger partial charge >= 0.3 is 118 Å². The molecule has 0 radical (unpaired) electrons. The first-order chi connectivity index (χ1) is 9.19. The number of fused-ring (bicyclic) bond motifs is 1. The normalized spacial score (nSPS) is 10.7. The molecular formula is C14H17NO3Se. The van der Waals surface area contributed by atoms with Gasteiger partial charge < -0.3 is 0 Å². The molecule has 2 rings (SSSR count). The average molecular weight is 326 g/mol. The van der Waals surface area contributed by atoms with Crippen LogP contribution in [0.5, 0.6) is 11.5 Å². The molecule has 1 aromatic carbocycles. The summed E-state index contributed by atoms with van der Waals surface area (Å²) in [5.41, 5.74) is 5.44. The van der Waals surface area contributed by atoms with Crippen LogP contribution in [0.1, 0.15) is 22.1 Å². The predicted molar refractivity (Wildman–Crippen MR) is 76.6 cm³/mol. The van der Waals surface area contributed by atoms with Crippen LogP contribution in [0.4, 0.5) is 0 Å². The minimum atomic E-state index is 0.0561. The fraction of sp³-hybridized carbons (Fsp3) is 0.357. The summed E-state index contributed by atoms with van der Waals surface area (Å²) in [5.74, 6) is 1.62. The Bertz CT molecular complexity index is 551. The second-order valence-corrected chi connectivity index (χ2v) is 6.44. The molecule has 1 aromatic heterocycles. The summed E-state index contributed by atoms with van der Waals surface area (Å²) in [7, 11) is 3.23. The minimum absolute atomic E-state index is 0.0561. The number of benzene rings is 1. The average Bonchev–Trinajstić information content (AvgIpc) is 2.85. The van der Waals surface area contributed by atoms with Gasteiger partial charge in [0.2, 0.25) is 0 Å². The van der Waals surface area contributed by atoms with E-state index in [1.54, 1.807) is 14.2 Å². The molecule has 5 heteroatoms. The number of Topliss-reactive ketones (excluding diaryl/α,β-unsaturated/α-hetero) is 1. The molecule has 2 N–H and O–H groups in total. The van der Waals surface area contributed by atoms with E-state index in [1.165, 1.54) is 4.26 Å². The molecule has 0 bridgehead atoms. The molecule has 0 aliphatic heterocycles. The van der Waals surface area contributed by atoms with Crippen LogP contribution in [0.2, 0.25) is 0 Å². The number of rotatable bonds is 6. The summed E-state index contributed by atoms with van der Waals surface area (Å²) in [6, 6.07) is 5.86. The van der Waals surface area contributed by atoms with E-state index in [4.69, 9.17) is 15.2 Å². The Morgan fingerprint density at radius 2 is 1.89 bits per heavy atom. The molecule has 0 aliphatic carbocycles. The second-order valence-electron chi connectivity index (χ2n) is 4.17. The number of hydrogen-bond acceptors (Lipinski definition) is 4. The molecule has 0 amide bonds. The van der Waals surface area contributed by atoms with Crippen LogP contribution in [0.25, 0.3) is 9.65 Å². The van der Waals surface area contributed by atoms with E-state index >= 15 is 0 Å². The molecule has 0 atom stereocenters. The molecule has 102 valence electrons. The molecule has 0 saturated carbocycles. The van der Waals surface area contributed by atoms with Gasteiger partial charge in [0.15, 0.2) is 0 Å². The van der Waals surface area contributed by atoms with Gasteiger partial charge in [0.05, 0.1) is 0 Å². The van der Waals surface area contributed by atoms with Crippen LogP contribution in [-0.2, 0) is 0 Å². The van der Waals surface area contributed by atoms with Crippen molar-refractivity contribution in [2.24, 2.45) is 5.73 Å². The van der Waals surface area contributed by atoms with Gasteiger partial charge in [-0.15, -0.1) is 0 Å². The second kappa shape index (κ2) is 6.24. The van der Waals surface area contributed by atoms with Crippen LogP contribution < -0.4 is 15.2 Å². The maximum absolute atomic E-state index is 12.0. The zero-order valence-electron chi connectivity index (χ0n) is 11.1. The molecule has 0 unspecified atom stereocenters. The summed E-state index contributed by atoms with van der Waals surface area (Å²) in [6.07, 6.45) is 1.28. The molecule has 1 heterocycles. The van der Waals surface area contributed by atoms with E-state index in [0.29, 0.717) is 24.5 Å². The predicted octanol–water partition coefficient (Wildman–Crippen LogP) is 1.84. The van der Waals surface area contributed by atoms with Gasteiger partial charge in [-0.05, 0) is 0 Å². The van der Waals surface area contributed by atoms with E-state index in [-0.39, 0.29) is 20.3 Å². The van der Waals surface area contributed by atoms with E-state index in [9.17, 15) is 4.79 Å². The van der Waals surface area contributed by atoms with E-state index in [1.807, 2.05) is 18.2 Å². The summed E-state index contributed by atoms with van der Waals surface area (Å²) in [6.45, 7) is 0.556. The van der Waals surface area contributed by atoms with Gasteiger partial charge in [0.25, 0.3) is 0 Å². The van der Waals surface area contributed by atoms with Crippen LogP contribution in [0.15, 0.2) is 18.2 Å². The third-order valence-electron chi connectivity index (χ3n) is 2.91. The van der Waals surface area contributed by atoms with Crippen molar-refractivity contribution >= 4 is 29.9 Å². The Balaban J connectivity index is 2.37. The third kappa shape index (κ3) is 3.00. The van der Waals surface area contributed by atoms with Crippen molar-refractivity contribution in [2.75, 3.05) is 20.8 Å². The van der Waals surface area contributed by atoms with Crippen molar-refractivity contribution in [1.29, 1.82) is 0 Å². The monoisotopic (exact) mass is 327 g/mol. The van der Waals surface area contributed by atoms with Gasteiger partial charge in [-0.3, -0.25) is 0 Å². The molecule has 19 heavy (non-hydrogen) atoms. The number of ketones is 1. The fourth-order valence-corrected chi connectivity index (χ4v) is 4.07. The fourth-order valence-electron chi connectivity index (χ4n) is 1.89. The first kappa shape index (κ1) is 14.1. The van der Waals surface area contributed by atoms with Gasteiger partial charge in [0.1, 0.15) is 0 Å². The Morgan fingerprint density at radius 1 is 1.21 bits per heavy atom. The molecule has 0 spiro atoms. The van der Waals surface area contributed by atoms with Gasteiger partial charge in [-0.2, -0.15) is 0 Å². The maximum atomic E-state index is 12.0. The summed E-state index contributed by atoms with van der Waals surface area (Å²) >= 11 is 0.0561. The molecule has 4 nitrogen and oxygen atoms in total. The standard InChI is InChI=1S/C14H17NO3Se/c1-17-11-6-9-7-14(10(16)4-3-5-15)19-13(9)8-12(11)18-2/h6-8H,3-5,15H2,1-2H3. The quantitative estimate of drug-likeness (QED) is 0.650. The van der Waals surface area contributed by atoms with E-state index in [2.05, 4.69) is 0 Å². The first-order valence-electron chi connectivity index (χ1n) is 6.08. The van der Waals surface area contributed by atoms with Crippen LogP contribution >= 0.6 is 0 Å². The summed E-state index contributed by atoms with van der Waals surface area (Å²) in [4.78, 5) is 12.0. The number of carbonyl (C=O) groups is 1. The van der Waals surface area contributed by atoms with Crippen molar-refractivity contribution in [2.45, 2.75) is 12.8 Å². The number of nitrogens with two attached hydrogens (primary N) is 1. The van der Waals surface area contributed by atoms with Crippen molar-refractivity contribution in [3.8, 4) is 11.5 Å². The number of carbonyl (C=O) groups excluding carboxylic acids is 1. The van der Waals surface area contributed by atoms with Crippen molar-refractivity contribution in [1.82, 2.24) is 0 Å². The zero-order chi connectivity index (χ0) is 13.8. The van der Waals surface area contributed by atoms with Crippen molar-refractivity contribution in [3.63, 3.8) is 0 Å². The van der Waals surface area contributed by atoms with Crippen LogP contribution in [-0.4, -0.2) is 41.1 Å². The van der Waals surface area contributed by atoms with E-state index < -0.39 is 0 Å². The topological polar surface area (TPSA) is 61.5 Å². The Kier molecular flexibility index (Phi) is 4.64. The Morgan fingerprint density at radius 3 is 2.53 bits per heavy atom. The van der Waals surface area contributed by atoms with Crippen LogP contribution in [0.3, 0.4) is 0 Å². The number of methoxy groups -OCH3 is 2. The van der Waals surface area contributed by atoms with Gasteiger partial charge in [-0.1, -0.05) is 0 Å². The summed E-state index contributed by atoms with van der Waals surface area (Å²) in [5, 5.41) is 1.06. The number of ether oxygens (including phenoxy) is 2. The molecular weight excluding hydrogens is 309 g/mol. The Labute approximate surface area is 118 Å². The molecule has 0 aliphatic rings. The zero-order valence-corrected chi connectivity index (χ0v) is 12.8.